The van der Waals surface area contributed by atoms with Gasteiger partial charge in [0.05, 0.1) is 16.8 Å². The third-order valence-electron chi connectivity index (χ3n) is 3.13. The Morgan fingerprint density at radius 1 is 1.22 bits per heavy atom. The number of aromatic nitrogens is 1. The fourth-order valence-corrected chi connectivity index (χ4v) is 2.01. The van der Waals surface area contributed by atoms with Crippen molar-refractivity contribution in [2.75, 3.05) is 5.32 Å². The first-order valence-electron chi connectivity index (χ1n) is 6.94. The van der Waals surface area contributed by atoms with Crippen molar-refractivity contribution < 1.29 is 22.4 Å². The van der Waals surface area contributed by atoms with Crippen LogP contribution in [0.2, 0.25) is 0 Å². The molecule has 2 aromatic rings. The maximum absolute atomic E-state index is 12.8. The van der Waals surface area contributed by atoms with Crippen LogP contribution in [0.25, 0.3) is 0 Å². The molecule has 0 aliphatic heterocycles. The van der Waals surface area contributed by atoms with Gasteiger partial charge in [-0.1, -0.05) is 13.3 Å². The predicted molar refractivity (Wildman–Crippen MR) is 77.6 cm³/mol. The fourth-order valence-electron chi connectivity index (χ4n) is 2.01. The van der Waals surface area contributed by atoms with E-state index >= 15 is 0 Å². The molecule has 1 aromatic carbocycles. The van der Waals surface area contributed by atoms with Crippen molar-refractivity contribution in [3.8, 4) is 0 Å². The van der Waals surface area contributed by atoms with Crippen LogP contribution in [0, 0.1) is 5.82 Å². The molecule has 2 rings (SSSR count). The van der Waals surface area contributed by atoms with Crippen LogP contribution in [0.1, 0.15) is 35.0 Å². The molecule has 1 aromatic heterocycles. The van der Waals surface area contributed by atoms with Crippen molar-refractivity contribution in [2.24, 2.45) is 0 Å². The van der Waals surface area contributed by atoms with E-state index < -0.39 is 23.5 Å². The van der Waals surface area contributed by atoms with Crippen LogP contribution >= 0.6 is 0 Å². The van der Waals surface area contributed by atoms with Crippen LogP contribution in [-0.4, -0.2) is 10.9 Å². The number of aryl methyl sites for hydroxylation is 1. The number of carbonyl (C=O) groups is 1. The van der Waals surface area contributed by atoms with Crippen LogP contribution in [0.4, 0.5) is 23.2 Å². The lowest BCUT2D eigenvalue weighted by Crippen LogP contribution is -2.17. The largest absolute Gasteiger partial charge is 0.417 e. The topological polar surface area (TPSA) is 42.0 Å². The zero-order valence-electron chi connectivity index (χ0n) is 12.2. The molecule has 1 amide bonds. The Kier molecular flexibility index (Phi) is 4.98. The van der Waals surface area contributed by atoms with E-state index in [1.54, 1.807) is 0 Å². The molecule has 23 heavy (non-hydrogen) atoms. The molecule has 0 aliphatic carbocycles. The van der Waals surface area contributed by atoms with E-state index in [1.165, 1.54) is 12.1 Å². The molecule has 0 saturated heterocycles. The Bertz CT molecular complexity index is 696. The highest BCUT2D eigenvalue weighted by Crippen LogP contribution is 2.30. The lowest BCUT2D eigenvalue weighted by molar-refractivity contribution is -0.137. The molecule has 0 spiro atoms. The molecule has 0 unspecified atom stereocenters. The Balaban J connectivity index is 2.34. The number of nitrogens with one attached hydrogen (secondary N) is 1. The fraction of sp³-hybridized carbons (Fsp3) is 0.250. The summed E-state index contributed by atoms with van der Waals surface area (Å²) in [6, 6.07) is 5.73. The van der Waals surface area contributed by atoms with E-state index in [-0.39, 0.29) is 11.3 Å². The lowest BCUT2D eigenvalue weighted by Gasteiger charge is -2.12. The third kappa shape index (κ3) is 4.28. The smallest absolute Gasteiger partial charge is 0.322 e. The summed E-state index contributed by atoms with van der Waals surface area (Å²) in [7, 11) is 0. The van der Waals surface area contributed by atoms with Gasteiger partial charge in [0.15, 0.2) is 0 Å². The van der Waals surface area contributed by atoms with E-state index in [9.17, 15) is 22.4 Å². The van der Waals surface area contributed by atoms with Crippen molar-refractivity contribution in [1.29, 1.82) is 0 Å². The van der Waals surface area contributed by atoms with Crippen molar-refractivity contribution in [2.45, 2.75) is 25.9 Å². The Hall–Kier alpha value is -2.44. The van der Waals surface area contributed by atoms with Gasteiger partial charge in [-0.3, -0.25) is 9.78 Å². The number of anilines is 1. The second-order valence-corrected chi connectivity index (χ2v) is 4.93. The summed E-state index contributed by atoms with van der Waals surface area (Å²) in [6.45, 7) is 1.83. The van der Waals surface area contributed by atoms with Gasteiger partial charge in [0.25, 0.3) is 5.91 Å². The minimum Gasteiger partial charge on any atom is -0.322 e. The molecular weight excluding hydrogens is 312 g/mol. The summed E-state index contributed by atoms with van der Waals surface area (Å²) < 4.78 is 51.3. The predicted octanol–water partition coefficient (Wildman–Crippen LogP) is 4.44. The number of alkyl halides is 3. The highest BCUT2D eigenvalue weighted by molar-refractivity contribution is 6.05. The molecule has 1 heterocycles. The van der Waals surface area contributed by atoms with Crippen molar-refractivity contribution in [3.63, 3.8) is 0 Å². The minimum absolute atomic E-state index is 0.133. The number of rotatable bonds is 4. The van der Waals surface area contributed by atoms with Gasteiger partial charge in [0, 0.05) is 11.9 Å². The maximum Gasteiger partial charge on any atom is 0.417 e. The zero-order valence-corrected chi connectivity index (χ0v) is 12.2. The molecule has 0 radical (unpaired) electrons. The first kappa shape index (κ1) is 16.9. The number of nitrogens with zero attached hydrogens (tertiary/aromatic N) is 1. The van der Waals surface area contributed by atoms with Gasteiger partial charge in [-0.25, -0.2) is 4.39 Å². The number of halogens is 4. The third-order valence-corrected chi connectivity index (χ3v) is 3.13. The van der Waals surface area contributed by atoms with Crippen LogP contribution in [0.15, 0.2) is 36.5 Å². The van der Waals surface area contributed by atoms with E-state index in [0.717, 1.165) is 24.4 Å². The molecule has 0 atom stereocenters. The summed E-state index contributed by atoms with van der Waals surface area (Å²) in [6.07, 6.45) is -2.85. The SMILES string of the molecule is CCCc1ncc(C(F)(F)F)cc1C(=O)Nc1ccc(F)cc1. The molecule has 0 fully saturated rings. The minimum atomic E-state index is -4.58. The molecule has 0 aliphatic rings. The average Bonchev–Trinajstić information content (AvgIpc) is 2.49. The van der Waals surface area contributed by atoms with E-state index in [1.807, 2.05) is 6.92 Å². The van der Waals surface area contributed by atoms with Crippen LogP contribution in [0.3, 0.4) is 0 Å². The van der Waals surface area contributed by atoms with Crippen LogP contribution < -0.4 is 5.32 Å². The first-order chi connectivity index (χ1) is 10.8. The molecule has 0 saturated carbocycles. The lowest BCUT2D eigenvalue weighted by atomic mass is 10.1. The van der Waals surface area contributed by atoms with Gasteiger partial charge in [-0.15, -0.1) is 0 Å². The molecule has 3 nitrogen and oxygen atoms in total. The molecule has 122 valence electrons. The standard InChI is InChI=1S/C16H14F4N2O/c1-2-3-14-13(8-10(9-21-14)16(18,19)20)15(23)22-12-6-4-11(17)5-7-12/h4-9H,2-3H2,1H3,(H,22,23). The second-order valence-electron chi connectivity index (χ2n) is 4.93. The van der Waals surface area contributed by atoms with Gasteiger partial charge in [0.2, 0.25) is 0 Å². The summed E-state index contributed by atoms with van der Waals surface area (Å²) in [4.78, 5) is 16.0. The summed E-state index contributed by atoms with van der Waals surface area (Å²) in [5, 5.41) is 2.45. The Morgan fingerprint density at radius 2 is 1.87 bits per heavy atom. The van der Waals surface area contributed by atoms with Crippen molar-refractivity contribution >= 4 is 11.6 Å². The highest BCUT2D eigenvalue weighted by Gasteiger charge is 2.32. The van der Waals surface area contributed by atoms with Crippen LogP contribution in [0.5, 0.6) is 0 Å². The normalized spacial score (nSPS) is 11.3. The number of hydrogen-bond donors (Lipinski definition) is 1. The maximum atomic E-state index is 12.8. The van der Waals surface area contributed by atoms with E-state index in [2.05, 4.69) is 10.3 Å². The molecule has 7 heteroatoms. The number of amides is 1. The number of pyridine rings is 1. The molecule has 1 N–H and O–H groups in total. The number of carbonyl (C=O) groups excluding carboxylic acids is 1. The Morgan fingerprint density at radius 3 is 2.43 bits per heavy atom. The first-order valence-corrected chi connectivity index (χ1v) is 6.94. The van der Waals surface area contributed by atoms with Crippen LogP contribution in [-0.2, 0) is 12.6 Å². The van der Waals surface area contributed by atoms with Crippen molar-refractivity contribution in [3.05, 3.63) is 59.2 Å². The van der Waals surface area contributed by atoms with Gasteiger partial charge >= 0.3 is 6.18 Å². The second kappa shape index (κ2) is 6.76. The summed E-state index contributed by atoms with van der Waals surface area (Å²) in [5.41, 5.74) is -0.538. The van der Waals surface area contributed by atoms with Crippen molar-refractivity contribution in [1.82, 2.24) is 4.98 Å². The Labute approximate surface area is 130 Å². The quantitative estimate of drug-likeness (QED) is 0.844. The van der Waals surface area contributed by atoms with Gasteiger partial charge in [-0.05, 0) is 36.8 Å². The van der Waals surface area contributed by atoms with E-state index in [0.29, 0.717) is 18.5 Å². The van der Waals surface area contributed by atoms with Gasteiger partial charge in [0.1, 0.15) is 5.82 Å². The zero-order chi connectivity index (χ0) is 17.0. The number of benzene rings is 1. The summed E-state index contributed by atoms with van der Waals surface area (Å²) in [5.74, 6) is -1.19. The monoisotopic (exact) mass is 326 g/mol. The molecular formula is C16H14F4N2O. The summed E-state index contributed by atoms with van der Waals surface area (Å²) >= 11 is 0. The van der Waals surface area contributed by atoms with E-state index in [4.69, 9.17) is 0 Å². The number of hydrogen-bond acceptors (Lipinski definition) is 2. The van der Waals surface area contributed by atoms with Gasteiger partial charge < -0.3 is 5.32 Å². The highest BCUT2D eigenvalue weighted by atomic mass is 19.4. The molecule has 0 bridgehead atoms. The average molecular weight is 326 g/mol. The van der Waals surface area contributed by atoms with Gasteiger partial charge in [-0.2, -0.15) is 13.2 Å².